The Kier molecular flexibility index (Phi) is 5.98. The molecule has 1 saturated heterocycles. The van der Waals surface area contributed by atoms with E-state index in [4.69, 9.17) is 9.31 Å². The smallest absolute Gasteiger partial charge is 0.403 e. The van der Waals surface area contributed by atoms with E-state index in [0.29, 0.717) is 6.32 Å². The summed E-state index contributed by atoms with van der Waals surface area (Å²) in [5.74, 6) is 0. The van der Waals surface area contributed by atoms with Gasteiger partial charge in [0.1, 0.15) is 0 Å². The van der Waals surface area contributed by atoms with Gasteiger partial charge in [-0.25, -0.2) is 13.1 Å². The Morgan fingerprint density at radius 2 is 1.48 bits per heavy atom. The predicted octanol–water partition coefficient (Wildman–Crippen LogP) is 4.42. The van der Waals surface area contributed by atoms with Crippen LogP contribution in [0, 0.1) is 13.8 Å². The summed E-state index contributed by atoms with van der Waals surface area (Å²) in [7, 11) is -4.21. The van der Waals surface area contributed by atoms with Gasteiger partial charge in [0, 0.05) is 12.4 Å². The number of rotatable bonds is 6. The fourth-order valence-electron chi connectivity index (χ4n) is 3.44. The molecular formula is C22H30BNO4S. The third kappa shape index (κ3) is 4.74. The average Bonchev–Trinajstić information content (AvgIpc) is 2.81. The summed E-state index contributed by atoms with van der Waals surface area (Å²) < 4.78 is 41.3. The van der Waals surface area contributed by atoms with E-state index in [1.54, 1.807) is 24.3 Å². The Morgan fingerprint density at radius 3 is 2.03 bits per heavy atom. The Labute approximate surface area is 175 Å². The molecule has 0 aliphatic carbocycles. The van der Waals surface area contributed by atoms with Gasteiger partial charge in [-0.2, -0.15) is 0 Å². The van der Waals surface area contributed by atoms with E-state index in [2.05, 4.69) is 4.72 Å². The molecule has 29 heavy (non-hydrogen) atoms. The lowest BCUT2D eigenvalue weighted by Gasteiger charge is -2.32. The second kappa shape index (κ2) is 7.87. The monoisotopic (exact) mass is 415 g/mol. The highest BCUT2D eigenvalue weighted by Gasteiger charge is 2.51. The van der Waals surface area contributed by atoms with Crippen molar-refractivity contribution in [3.05, 3.63) is 65.2 Å². The molecule has 2 aromatic carbocycles. The molecule has 5 nitrogen and oxygen atoms in total. The van der Waals surface area contributed by atoms with Gasteiger partial charge in [0.15, 0.2) is 0 Å². The molecule has 0 radical (unpaired) electrons. The summed E-state index contributed by atoms with van der Waals surface area (Å²) in [6.45, 7) is 11.9. The molecule has 0 saturated carbocycles. The molecule has 0 amide bonds. The first-order valence-corrected chi connectivity index (χ1v) is 11.4. The molecule has 7 heteroatoms. The quantitative estimate of drug-likeness (QED) is 0.710. The largest absolute Gasteiger partial charge is 0.459 e. The van der Waals surface area contributed by atoms with E-state index in [9.17, 15) is 8.42 Å². The number of nitrogens with one attached hydrogen (secondary N) is 1. The van der Waals surface area contributed by atoms with Crippen LogP contribution in [0.15, 0.2) is 53.4 Å². The summed E-state index contributed by atoms with van der Waals surface area (Å²) in [5, 5.41) is 0. The maximum Gasteiger partial charge on any atom is 0.459 e. The third-order valence-electron chi connectivity index (χ3n) is 5.92. The molecule has 0 spiro atoms. The molecule has 3 rings (SSSR count). The van der Waals surface area contributed by atoms with Gasteiger partial charge in [0.2, 0.25) is 10.0 Å². The van der Waals surface area contributed by atoms with Crippen LogP contribution in [0.3, 0.4) is 0 Å². The molecule has 1 unspecified atom stereocenters. The Bertz CT molecular complexity index is 955. The molecule has 1 fully saturated rings. The normalized spacial score (nSPS) is 19.3. The highest BCUT2D eigenvalue weighted by molar-refractivity contribution is 7.89. The molecule has 1 N–H and O–H groups in total. The molecule has 0 aromatic heterocycles. The minimum absolute atomic E-state index is 0.246. The first-order valence-electron chi connectivity index (χ1n) is 9.91. The van der Waals surface area contributed by atoms with Crippen LogP contribution in [0.5, 0.6) is 0 Å². The number of aryl methyl sites for hydroxylation is 2. The first-order chi connectivity index (χ1) is 13.4. The van der Waals surface area contributed by atoms with Crippen LogP contribution in [0.1, 0.15) is 50.4 Å². The topological polar surface area (TPSA) is 64.6 Å². The number of hydrogen-bond donors (Lipinski definition) is 1. The van der Waals surface area contributed by atoms with Gasteiger partial charge in [0.05, 0.1) is 16.1 Å². The maximum absolute atomic E-state index is 13.1. The van der Waals surface area contributed by atoms with E-state index >= 15 is 0 Å². The van der Waals surface area contributed by atoms with Crippen molar-refractivity contribution in [3.63, 3.8) is 0 Å². The zero-order chi connectivity index (χ0) is 21.4. The van der Waals surface area contributed by atoms with Gasteiger partial charge in [-0.1, -0.05) is 42.0 Å². The highest BCUT2D eigenvalue weighted by atomic mass is 32.2. The number of hydrogen-bond acceptors (Lipinski definition) is 4. The van der Waals surface area contributed by atoms with Crippen molar-refractivity contribution in [2.75, 3.05) is 0 Å². The van der Waals surface area contributed by atoms with Gasteiger partial charge >= 0.3 is 7.12 Å². The Hall–Kier alpha value is -1.67. The average molecular weight is 415 g/mol. The lowest BCUT2D eigenvalue weighted by molar-refractivity contribution is 0.00578. The van der Waals surface area contributed by atoms with Gasteiger partial charge in [-0.05, 0) is 64.8 Å². The zero-order valence-electron chi connectivity index (χ0n) is 18.0. The highest BCUT2D eigenvalue weighted by Crippen LogP contribution is 2.39. The minimum Gasteiger partial charge on any atom is -0.403 e. The SMILES string of the molecule is Cc1ccc(S(=O)(=O)NC(CB2OC(C)(C)C(C)(C)O2)c2ccccc2C)cc1. The van der Waals surface area contributed by atoms with Crippen LogP contribution in [-0.2, 0) is 19.3 Å². The van der Waals surface area contributed by atoms with Gasteiger partial charge in [0.25, 0.3) is 0 Å². The molecule has 0 bridgehead atoms. The Morgan fingerprint density at radius 1 is 0.931 bits per heavy atom. The molecule has 1 aliphatic rings. The van der Waals surface area contributed by atoms with Crippen molar-refractivity contribution in [2.45, 2.75) is 70.0 Å². The third-order valence-corrected chi connectivity index (χ3v) is 7.41. The van der Waals surface area contributed by atoms with E-state index in [0.717, 1.165) is 16.7 Å². The first kappa shape index (κ1) is 22.0. The standard InChI is InChI=1S/C22H30BNO4S/c1-16-11-13-18(14-12-16)29(25,26)24-20(19-10-8-7-9-17(19)2)15-23-27-21(3,4)22(5,6)28-23/h7-14,20,24H,15H2,1-6H3. The lowest BCUT2D eigenvalue weighted by Crippen LogP contribution is -2.41. The second-order valence-electron chi connectivity index (χ2n) is 8.77. The second-order valence-corrected chi connectivity index (χ2v) is 10.5. The molecule has 1 atom stereocenters. The molecule has 156 valence electrons. The number of benzene rings is 2. The van der Waals surface area contributed by atoms with Gasteiger partial charge in [-0.3, -0.25) is 0 Å². The fraction of sp³-hybridized carbons (Fsp3) is 0.455. The van der Waals surface area contributed by atoms with Crippen LogP contribution >= 0.6 is 0 Å². The number of sulfonamides is 1. The van der Waals surface area contributed by atoms with Crippen molar-refractivity contribution in [1.29, 1.82) is 0 Å². The summed E-state index contributed by atoms with van der Waals surface area (Å²) in [4.78, 5) is 0.246. The van der Waals surface area contributed by atoms with Crippen molar-refractivity contribution < 1.29 is 17.7 Å². The Balaban J connectivity index is 1.91. The minimum atomic E-state index is -3.70. The summed E-state index contributed by atoms with van der Waals surface area (Å²) in [5.41, 5.74) is 2.00. The van der Waals surface area contributed by atoms with Crippen LogP contribution in [0.2, 0.25) is 6.32 Å². The lowest BCUT2D eigenvalue weighted by atomic mass is 9.78. The zero-order valence-corrected chi connectivity index (χ0v) is 18.8. The van der Waals surface area contributed by atoms with Crippen molar-refractivity contribution in [1.82, 2.24) is 4.72 Å². The fourth-order valence-corrected chi connectivity index (χ4v) is 4.67. The maximum atomic E-state index is 13.1. The summed E-state index contributed by atoms with van der Waals surface area (Å²) >= 11 is 0. The van der Waals surface area contributed by atoms with Crippen LogP contribution in [0.25, 0.3) is 0 Å². The predicted molar refractivity (Wildman–Crippen MR) is 116 cm³/mol. The van der Waals surface area contributed by atoms with Gasteiger partial charge < -0.3 is 9.31 Å². The van der Waals surface area contributed by atoms with E-state index < -0.39 is 34.4 Å². The molecule has 1 heterocycles. The van der Waals surface area contributed by atoms with Gasteiger partial charge in [-0.15, -0.1) is 0 Å². The van der Waals surface area contributed by atoms with E-state index in [1.165, 1.54) is 0 Å². The summed E-state index contributed by atoms with van der Waals surface area (Å²) in [6, 6.07) is 14.2. The van der Waals surface area contributed by atoms with Crippen molar-refractivity contribution >= 4 is 17.1 Å². The molecule has 2 aromatic rings. The van der Waals surface area contributed by atoms with Crippen molar-refractivity contribution in [2.24, 2.45) is 0 Å². The van der Waals surface area contributed by atoms with Crippen LogP contribution < -0.4 is 4.72 Å². The van der Waals surface area contributed by atoms with Crippen LogP contribution in [-0.4, -0.2) is 26.7 Å². The molecule has 1 aliphatic heterocycles. The van der Waals surface area contributed by atoms with E-state index in [1.807, 2.05) is 65.8 Å². The molecular weight excluding hydrogens is 385 g/mol. The summed E-state index contributed by atoms with van der Waals surface area (Å²) in [6.07, 6.45) is 0.378. The van der Waals surface area contributed by atoms with Crippen LogP contribution in [0.4, 0.5) is 0 Å². The van der Waals surface area contributed by atoms with E-state index in [-0.39, 0.29) is 4.90 Å². The van der Waals surface area contributed by atoms with Crippen molar-refractivity contribution in [3.8, 4) is 0 Å².